The quantitative estimate of drug-likeness (QED) is 0.137. The molecule has 5 N–H and O–H groups in total. The molecule has 0 aliphatic carbocycles. The molecule has 0 heterocycles. The fourth-order valence-corrected chi connectivity index (χ4v) is 4.10. The number of nitrogens with two attached hydrogens (primary N) is 1. The second-order valence-electron chi connectivity index (χ2n) is 8.98. The van der Waals surface area contributed by atoms with Crippen LogP contribution in [0.1, 0.15) is 25.5 Å². The zero-order valence-corrected chi connectivity index (χ0v) is 22.5. The van der Waals surface area contributed by atoms with Gasteiger partial charge in [-0.05, 0) is 54.8 Å². The predicted molar refractivity (Wildman–Crippen MR) is 152 cm³/mol. The predicted octanol–water partition coefficient (Wildman–Crippen LogP) is 5.87. The number of para-hydroxylation sites is 3. The van der Waals surface area contributed by atoms with Crippen LogP contribution in [0.15, 0.2) is 89.8 Å². The van der Waals surface area contributed by atoms with Crippen molar-refractivity contribution in [2.24, 2.45) is 5.41 Å². The van der Waals surface area contributed by atoms with E-state index in [1.807, 2.05) is 32.2 Å². The minimum Gasteiger partial charge on any atom is -0.491 e. The van der Waals surface area contributed by atoms with Gasteiger partial charge in [-0.15, -0.1) is 11.8 Å². The first kappa shape index (κ1) is 28.6. The number of rotatable bonds is 11. The van der Waals surface area contributed by atoms with Crippen LogP contribution in [-0.4, -0.2) is 36.6 Å². The normalized spacial score (nSPS) is 12.1. The zero-order valence-electron chi connectivity index (χ0n) is 21.6. The lowest BCUT2D eigenvalue weighted by Crippen LogP contribution is -2.28. The number of thioether (sulfide) groups is 1. The van der Waals surface area contributed by atoms with E-state index < -0.39 is 17.6 Å². The van der Waals surface area contributed by atoms with Crippen LogP contribution < -0.4 is 21.1 Å². The Morgan fingerprint density at radius 1 is 1.03 bits per heavy atom. The standard InChI is InChI=1S/C29H33N3O5S/c1-29(2,17-16-26(34)32-24-10-6-5-9-23(24)30)27(22-8-4-7-11-25(22)36-19-18-33)37-28(35)31-20-12-14-21(38-3)15-13-20/h4-17,27,33H,18-19,30H2,1-3H3,(H,31,35)(H,32,34)/b17-16+/t27-/m0/s1. The summed E-state index contributed by atoms with van der Waals surface area (Å²) in [5.41, 5.74) is 7.22. The molecule has 200 valence electrons. The van der Waals surface area contributed by atoms with E-state index in [0.29, 0.717) is 28.4 Å². The van der Waals surface area contributed by atoms with Gasteiger partial charge in [0.2, 0.25) is 5.91 Å². The SMILES string of the molecule is CSc1ccc(NC(=O)O[C@@H](c2ccccc2OCCO)C(C)(C)/C=C/C(=O)Nc2ccccc2N)cc1. The number of carbonyl (C=O) groups is 2. The zero-order chi connectivity index (χ0) is 27.5. The Morgan fingerprint density at radius 2 is 1.71 bits per heavy atom. The number of carbonyl (C=O) groups excluding carboxylic acids is 2. The number of amides is 2. The first-order chi connectivity index (χ1) is 18.2. The number of anilines is 3. The molecule has 1 atom stereocenters. The Labute approximate surface area is 227 Å². The molecule has 0 radical (unpaired) electrons. The van der Waals surface area contributed by atoms with Crippen molar-refractivity contribution in [3.8, 4) is 5.75 Å². The monoisotopic (exact) mass is 535 g/mol. The van der Waals surface area contributed by atoms with Crippen molar-refractivity contribution < 1.29 is 24.2 Å². The lowest BCUT2D eigenvalue weighted by Gasteiger charge is -2.32. The van der Waals surface area contributed by atoms with Crippen molar-refractivity contribution in [3.05, 3.63) is 90.5 Å². The molecule has 0 spiro atoms. The minimum atomic E-state index is -0.849. The molecule has 38 heavy (non-hydrogen) atoms. The van der Waals surface area contributed by atoms with E-state index in [9.17, 15) is 14.7 Å². The molecule has 0 aliphatic rings. The molecule has 3 rings (SSSR count). The molecule has 0 fully saturated rings. The molecule has 0 unspecified atom stereocenters. The number of aliphatic hydroxyl groups is 1. The van der Waals surface area contributed by atoms with Gasteiger partial charge >= 0.3 is 6.09 Å². The van der Waals surface area contributed by atoms with Gasteiger partial charge in [0, 0.05) is 21.6 Å². The van der Waals surface area contributed by atoms with Gasteiger partial charge in [0.1, 0.15) is 18.5 Å². The van der Waals surface area contributed by atoms with Crippen LogP contribution in [0, 0.1) is 5.41 Å². The highest BCUT2D eigenvalue weighted by molar-refractivity contribution is 7.98. The topological polar surface area (TPSA) is 123 Å². The van der Waals surface area contributed by atoms with Gasteiger partial charge in [-0.25, -0.2) is 4.79 Å². The van der Waals surface area contributed by atoms with E-state index in [-0.39, 0.29) is 19.1 Å². The molecule has 2 amide bonds. The van der Waals surface area contributed by atoms with Crippen molar-refractivity contribution in [2.75, 3.05) is 35.8 Å². The number of ether oxygens (including phenoxy) is 2. The van der Waals surface area contributed by atoms with Crippen LogP contribution in [0.5, 0.6) is 5.75 Å². The van der Waals surface area contributed by atoms with E-state index in [0.717, 1.165) is 4.90 Å². The van der Waals surface area contributed by atoms with E-state index in [1.54, 1.807) is 78.5 Å². The fraction of sp³-hybridized carbons (Fsp3) is 0.241. The molecule has 0 aliphatic heterocycles. The van der Waals surface area contributed by atoms with Gasteiger partial charge in [-0.2, -0.15) is 0 Å². The summed E-state index contributed by atoms with van der Waals surface area (Å²) in [7, 11) is 0. The average molecular weight is 536 g/mol. The first-order valence-electron chi connectivity index (χ1n) is 12.0. The summed E-state index contributed by atoms with van der Waals surface area (Å²) >= 11 is 1.60. The highest BCUT2D eigenvalue weighted by Crippen LogP contribution is 2.42. The molecule has 0 bridgehead atoms. The van der Waals surface area contributed by atoms with E-state index in [2.05, 4.69) is 10.6 Å². The Morgan fingerprint density at radius 3 is 2.39 bits per heavy atom. The van der Waals surface area contributed by atoms with Gasteiger partial charge in [0.15, 0.2) is 0 Å². The molecule has 8 nitrogen and oxygen atoms in total. The van der Waals surface area contributed by atoms with Gasteiger partial charge in [0.05, 0.1) is 18.0 Å². The number of nitrogens with one attached hydrogen (secondary N) is 2. The Balaban J connectivity index is 1.86. The Hall–Kier alpha value is -3.95. The third kappa shape index (κ3) is 8.03. The molecule has 3 aromatic rings. The summed E-state index contributed by atoms with van der Waals surface area (Å²) < 4.78 is 11.7. The van der Waals surface area contributed by atoms with Crippen LogP contribution in [-0.2, 0) is 9.53 Å². The lowest BCUT2D eigenvalue weighted by molar-refractivity contribution is -0.112. The number of benzene rings is 3. The second-order valence-corrected chi connectivity index (χ2v) is 9.86. The van der Waals surface area contributed by atoms with Gasteiger partial charge in [-0.1, -0.05) is 50.3 Å². The smallest absolute Gasteiger partial charge is 0.412 e. The van der Waals surface area contributed by atoms with Gasteiger partial charge in [0.25, 0.3) is 0 Å². The maximum atomic E-state index is 13.0. The molecule has 0 saturated heterocycles. The molecular weight excluding hydrogens is 502 g/mol. The Kier molecular flexibility index (Phi) is 10.2. The van der Waals surface area contributed by atoms with Crippen LogP contribution in [0.2, 0.25) is 0 Å². The fourth-order valence-electron chi connectivity index (χ4n) is 3.69. The minimum absolute atomic E-state index is 0.0783. The van der Waals surface area contributed by atoms with Crippen LogP contribution in [0.25, 0.3) is 0 Å². The van der Waals surface area contributed by atoms with Crippen molar-refractivity contribution in [2.45, 2.75) is 24.8 Å². The summed E-state index contributed by atoms with van der Waals surface area (Å²) in [6.45, 7) is 3.61. The highest BCUT2D eigenvalue weighted by atomic mass is 32.2. The van der Waals surface area contributed by atoms with E-state index in [4.69, 9.17) is 15.2 Å². The largest absolute Gasteiger partial charge is 0.491 e. The highest BCUT2D eigenvalue weighted by Gasteiger charge is 2.34. The maximum absolute atomic E-state index is 13.0. The van der Waals surface area contributed by atoms with E-state index >= 15 is 0 Å². The first-order valence-corrected chi connectivity index (χ1v) is 13.2. The van der Waals surface area contributed by atoms with Gasteiger partial charge in [-0.3, -0.25) is 10.1 Å². The average Bonchev–Trinajstić information content (AvgIpc) is 2.91. The number of aliphatic hydroxyl groups excluding tert-OH is 1. The van der Waals surface area contributed by atoms with Gasteiger partial charge < -0.3 is 25.6 Å². The van der Waals surface area contributed by atoms with Crippen LogP contribution in [0.3, 0.4) is 0 Å². The summed E-state index contributed by atoms with van der Waals surface area (Å²) in [5.74, 6) is 0.0875. The third-order valence-corrected chi connectivity index (χ3v) is 6.41. The van der Waals surface area contributed by atoms with Crippen molar-refractivity contribution >= 4 is 40.8 Å². The number of nitrogen functional groups attached to an aromatic ring is 1. The number of hydrogen-bond acceptors (Lipinski definition) is 7. The van der Waals surface area contributed by atoms with Crippen LogP contribution >= 0.6 is 11.8 Å². The molecule has 0 aromatic heterocycles. The van der Waals surface area contributed by atoms with Crippen molar-refractivity contribution in [1.82, 2.24) is 0 Å². The molecule has 0 saturated carbocycles. The summed E-state index contributed by atoms with van der Waals surface area (Å²) in [5, 5.41) is 14.8. The molecule has 9 heteroatoms. The molecular formula is C29H33N3O5S. The Bertz CT molecular complexity index is 1260. The lowest BCUT2D eigenvalue weighted by atomic mass is 9.81. The second kappa shape index (κ2) is 13.6. The van der Waals surface area contributed by atoms with E-state index in [1.165, 1.54) is 6.08 Å². The third-order valence-electron chi connectivity index (χ3n) is 5.67. The van der Waals surface area contributed by atoms with Crippen molar-refractivity contribution in [1.29, 1.82) is 0 Å². The summed E-state index contributed by atoms with van der Waals surface area (Å²) in [6.07, 6.45) is 3.54. The van der Waals surface area contributed by atoms with Crippen LogP contribution in [0.4, 0.5) is 21.9 Å². The van der Waals surface area contributed by atoms with Crippen molar-refractivity contribution in [3.63, 3.8) is 0 Å². The summed E-state index contributed by atoms with van der Waals surface area (Å²) in [4.78, 5) is 26.7. The molecule has 3 aromatic carbocycles. The summed E-state index contributed by atoms with van der Waals surface area (Å²) in [6, 6.07) is 21.5. The maximum Gasteiger partial charge on any atom is 0.412 e. The number of hydrogen-bond donors (Lipinski definition) is 4.